The Morgan fingerprint density at radius 1 is 0.300 bits per heavy atom. The summed E-state index contributed by atoms with van der Waals surface area (Å²) in [6.45, 7) is 17.7. The Labute approximate surface area is 357 Å². The predicted octanol–water partition coefficient (Wildman–Crippen LogP) is 14.2. The minimum Gasteiger partial charge on any atom is -0.355 e. The summed E-state index contributed by atoms with van der Waals surface area (Å²) in [5.41, 5.74) is 12.0. The summed E-state index contributed by atoms with van der Waals surface area (Å²) in [5.74, 6) is 1.69. The zero-order valence-corrected chi connectivity index (χ0v) is 36.5. The van der Waals surface area contributed by atoms with Crippen molar-refractivity contribution >= 4 is 57.1 Å². The molecule has 0 saturated carbocycles. The molecule has 7 rings (SSSR count). The van der Waals surface area contributed by atoms with E-state index in [1.54, 1.807) is 0 Å². The number of rotatable bonds is 16. The molecule has 4 N–H and O–H groups in total. The molecular formula is C54H60N4O2. The first-order valence-corrected chi connectivity index (χ1v) is 21.7. The van der Waals surface area contributed by atoms with Crippen molar-refractivity contribution < 1.29 is 9.59 Å². The van der Waals surface area contributed by atoms with E-state index in [0.717, 1.165) is 48.4 Å². The van der Waals surface area contributed by atoms with E-state index in [1.807, 2.05) is 72.8 Å². The smallest absolute Gasteiger partial charge is 0.198 e. The topological polar surface area (TPSA) is 82.3 Å². The molecule has 60 heavy (non-hydrogen) atoms. The number of ketones is 2. The summed E-state index contributed by atoms with van der Waals surface area (Å²) < 4.78 is 0. The summed E-state index contributed by atoms with van der Waals surface area (Å²) in [6, 6.07) is 41.0. The highest BCUT2D eigenvalue weighted by Gasteiger charge is 2.38. The molecule has 0 atom stereocenters. The average molecular weight is 797 g/mol. The van der Waals surface area contributed by atoms with Crippen molar-refractivity contribution in [3.63, 3.8) is 0 Å². The number of fused-ring (bicyclic) bond motifs is 2. The van der Waals surface area contributed by atoms with Gasteiger partial charge >= 0.3 is 0 Å². The van der Waals surface area contributed by atoms with Gasteiger partial charge in [-0.05, 0) is 144 Å². The van der Waals surface area contributed by atoms with Crippen LogP contribution in [0.15, 0.2) is 121 Å². The van der Waals surface area contributed by atoms with Gasteiger partial charge in [0.2, 0.25) is 0 Å². The van der Waals surface area contributed by atoms with E-state index >= 15 is 9.59 Å². The summed E-state index contributed by atoms with van der Waals surface area (Å²) in [5, 5.41) is 14.2. The highest BCUT2D eigenvalue weighted by Crippen LogP contribution is 2.44. The van der Waals surface area contributed by atoms with Crippen LogP contribution in [0.5, 0.6) is 0 Å². The second-order valence-electron chi connectivity index (χ2n) is 18.2. The molecule has 0 bridgehead atoms. The Morgan fingerprint density at radius 3 is 0.650 bits per heavy atom. The number of hydrogen-bond acceptors (Lipinski definition) is 6. The van der Waals surface area contributed by atoms with Gasteiger partial charge in [-0.3, -0.25) is 9.59 Å². The van der Waals surface area contributed by atoms with Crippen LogP contribution < -0.4 is 21.3 Å². The van der Waals surface area contributed by atoms with Gasteiger partial charge in [0, 0.05) is 22.7 Å². The molecule has 0 heterocycles. The first-order chi connectivity index (χ1) is 28.8. The van der Waals surface area contributed by atoms with Crippen LogP contribution in [0.25, 0.3) is 0 Å². The monoisotopic (exact) mass is 796 g/mol. The van der Waals surface area contributed by atoms with Crippen molar-refractivity contribution in [3.05, 3.63) is 166 Å². The Hall–Kier alpha value is -6.14. The van der Waals surface area contributed by atoms with Crippen LogP contribution in [0.1, 0.15) is 109 Å². The molecule has 0 aromatic heterocycles. The number of hydrogen-bond donors (Lipinski definition) is 4. The molecule has 6 aromatic rings. The zero-order valence-electron chi connectivity index (χ0n) is 36.5. The maximum absolute atomic E-state index is 15.4. The van der Waals surface area contributed by atoms with Crippen LogP contribution >= 0.6 is 0 Å². The minimum absolute atomic E-state index is 0.232. The van der Waals surface area contributed by atoms with Crippen LogP contribution in [0.3, 0.4) is 0 Å². The fourth-order valence-electron chi connectivity index (χ4n) is 8.22. The fourth-order valence-corrected chi connectivity index (χ4v) is 8.22. The molecule has 0 unspecified atom stereocenters. The van der Waals surface area contributed by atoms with Gasteiger partial charge in [0.25, 0.3) is 0 Å². The predicted molar refractivity (Wildman–Crippen MR) is 253 cm³/mol. The molecule has 0 fully saturated rings. The van der Waals surface area contributed by atoms with E-state index in [1.165, 1.54) is 22.3 Å². The first-order valence-electron chi connectivity index (χ1n) is 21.7. The lowest BCUT2D eigenvalue weighted by molar-refractivity contribution is 0.0981. The largest absolute Gasteiger partial charge is 0.355 e. The summed E-state index contributed by atoms with van der Waals surface area (Å²) >= 11 is 0. The molecule has 308 valence electrons. The number of nitrogens with one attached hydrogen (secondary N) is 4. The van der Waals surface area contributed by atoms with Crippen LogP contribution in [-0.4, -0.2) is 11.6 Å². The van der Waals surface area contributed by atoms with Crippen molar-refractivity contribution in [2.24, 2.45) is 23.7 Å². The zero-order chi connectivity index (χ0) is 42.5. The van der Waals surface area contributed by atoms with E-state index in [4.69, 9.17) is 0 Å². The molecule has 0 amide bonds. The van der Waals surface area contributed by atoms with Crippen molar-refractivity contribution in [2.45, 2.75) is 81.1 Å². The summed E-state index contributed by atoms with van der Waals surface area (Å²) in [4.78, 5) is 30.9. The number of benzene rings is 6. The first kappa shape index (κ1) is 42.0. The highest BCUT2D eigenvalue weighted by molar-refractivity contribution is 6.35. The number of carbonyl (C=O) groups excluding carboxylic acids is 2. The standard InChI is InChI=1S/C54H60N4O2/c1-33(2)29-37-9-17-41(18-10-37)55-45-25-26-46(56-42-19-11-38(12-20-42)30-34(3)4)50-49(45)53(59)51-47(57-43-21-13-39(14-22-43)31-35(5)6)27-28-48(52(51)54(50)60)58-44-23-15-40(16-24-44)32-36(7)8/h9-28,33-36,55-58H,29-32H2,1-8H3. The van der Waals surface area contributed by atoms with Gasteiger partial charge in [-0.2, -0.15) is 0 Å². The van der Waals surface area contributed by atoms with Crippen molar-refractivity contribution in [1.82, 2.24) is 0 Å². The highest BCUT2D eigenvalue weighted by atomic mass is 16.1. The van der Waals surface area contributed by atoms with Crippen LogP contribution in [-0.2, 0) is 25.7 Å². The van der Waals surface area contributed by atoms with E-state index < -0.39 is 0 Å². The Kier molecular flexibility index (Phi) is 12.9. The molecule has 6 nitrogen and oxygen atoms in total. The second kappa shape index (κ2) is 18.4. The van der Waals surface area contributed by atoms with Gasteiger partial charge < -0.3 is 21.3 Å². The minimum atomic E-state index is -0.232. The van der Waals surface area contributed by atoms with E-state index in [2.05, 4.69) is 125 Å². The lowest BCUT2D eigenvalue weighted by Crippen LogP contribution is -2.25. The molecule has 0 spiro atoms. The van der Waals surface area contributed by atoms with Crippen molar-refractivity contribution in [1.29, 1.82) is 0 Å². The molecule has 6 heteroatoms. The van der Waals surface area contributed by atoms with Gasteiger partial charge in [-0.1, -0.05) is 104 Å². The number of carbonyl (C=O) groups is 2. The van der Waals surface area contributed by atoms with E-state index in [-0.39, 0.29) is 11.6 Å². The van der Waals surface area contributed by atoms with Crippen LogP contribution in [0, 0.1) is 23.7 Å². The Bertz CT molecular complexity index is 2100. The van der Waals surface area contributed by atoms with Gasteiger partial charge in [0.05, 0.1) is 45.0 Å². The third-order valence-electron chi connectivity index (χ3n) is 10.8. The normalized spacial score (nSPS) is 12.3. The third kappa shape index (κ3) is 9.99. The summed E-state index contributed by atoms with van der Waals surface area (Å²) in [7, 11) is 0. The maximum Gasteiger partial charge on any atom is 0.198 e. The second-order valence-corrected chi connectivity index (χ2v) is 18.2. The van der Waals surface area contributed by atoms with Crippen molar-refractivity contribution in [2.75, 3.05) is 21.3 Å². The third-order valence-corrected chi connectivity index (χ3v) is 10.8. The molecule has 1 aliphatic rings. The molecule has 0 radical (unpaired) electrons. The van der Waals surface area contributed by atoms with E-state index in [0.29, 0.717) is 68.7 Å². The lowest BCUT2D eigenvalue weighted by Gasteiger charge is -2.27. The Morgan fingerprint density at radius 2 is 0.483 bits per heavy atom. The SMILES string of the molecule is CC(C)Cc1ccc(Nc2ccc(Nc3ccc(CC(C)C)cc3)c3c2C(=O)c2c(Nc4ccc(CC(C)C)cc4)ccc(Nc4ccc(CC(C)C)cc4)c2C3=O)cc1. The number of anilines is 8. The van der Waals surface area contributed by atoms with Gasteiger partial charge in [0.15, 0.2) is 11.6 Å². The average Bonchev–Trinajstić information content (AvgIpc) is 3.20. The van der Waals surface area contributed by atoms with Gasteiger partial charge in [0.1, 0.15) is 0 Å². The molecule has 0 aliphatic heterocycles. The molecule has 1 aliphatic carbocycles. The quantitative estimate of drug-likeness (QED) is 0.0780. The van der Waals surface area contributed by atoms with E-state index in [9.17, 15) is 0 Å². The van der Waals surface area contributed by atoms with Crippen LogP contribution in [0.4, 0.5) is 45.5 Å². The fraction of sp³-hybridized carbons (Fsp3) is 0.296. The molecule has 6 aromatic carbocycles. The molecule has 0 saturated heterocycles. The van der Waals surface area contributed by atoms with Gasteiger partial charge in [-0.25, -0.2) is 0 Å². The maximum atomic E-state index is 15.4. The Balaban J connectivity index is 1.35. The summed E-state index contributed by atoms with van der Waals surface area (Å²) in [6.07, 6.45) is 3.92. The van der Waals surface area contributed by atoms with Crippen molar-refractivity contribution in [3.8, 4) is 0 Å². The molecular weight excluding hydrogens is 737 g/mol. The lowest BCUT2D eigenvalue weighted by atomic mass is 9.80. The van der Waals surface area contributed by atoms with Gasteiger partial charge in [-0.15, -0.1) is 0 Å². The van der Waals surface area contributed by atoms with Crippen LogP contribution in [0.2, 0.25) is 0 Å².